The van der Waals surface area contributed by atoms with E-state index in [4.69, 9.17) is 11.6 Å². The maximum atomic E-state index is 11.0. The lowest BCUT2D eigenvalue weighted by molar-refractivity contribution is -0.114. The molecule has 0 aliphatic rings. The van der Waals surface area contributed by atoms with Crippen molar-refractivity contribution in [2.24, 2.45) is 0 Å². The molecule has 1 aromatic carbocycles. The molecule has 0 unspecified atom stereocenters. The molecule has 0 aliphatic carbocycles. The van der Waals surface area contributed by atoms with Crippen molar-refractivity contribution in [1.82, 2.24) is 4.98 Å². The van der Waals surface area contributed by atoms with Crippen LogP contribution in [0, 0.1) is 0 Å². The fraction of sp³-hybridized carbons (Fsp3) is 0.286. The predicted octanol–water partition coefficient (Wildman–Crippen LogP) is 3.93. The number of carbonyl (C=O) groups excluding carboxylic acids is 1. The highest BCUT2D eigenvalue weighted by atomic mass is 35.5. The molecule has 0 saturated heterocycles. The second-order valence-corrected chi connectivity index (χ2v) is 5.91. The number of thiazole rings is 1. The van der Waals surface area contributed by atoms with Crippen LogP contribution in [0.15, 0.2) is 24.4 Å². The number of anilines is 2. The number of carbonyl (C=O) groups is 1. The summed E-state index contributed by atoms with van der Waals surface area (Å²) in [6.45, 7) is 4.27. The normalized spacial score (nSPS) is 10.3. The zero-order valence-corrected chi connectivity index (χ0v) is 12.9. The van der Waals surface area contributed by atoms with Crippen molar-refractivity contribution < 1.29 is 4.79 Å². The maximum Gasteiger partial charge on any atom is 0.221 e. The fourth-order valence-electron chi connectivity index (χ4n) is 1.70. The largest absolute Gasteiger partial charge is 0.380 e. The molecule has 1 heterocycles. The lowest BCUT2D eigenvalue weighted by Gasteiger charge is -2.09. The summed E-state index contributed by atoms with van der Waals surface area (Å²) >= 11 is 7.82. The molecule has 1 amide bonds. The topological polar surface area (TPSA) is 54.0 Å². The van der Waals surface area contributed by atoms with E-state index in [1.54, 1.807) is 23.5 Å². The van der Waals surface area contributed by atoms with Crippen molar-refractivity contribution >= 4 is 40.2 Å². The highest BCUT2D eigenvalue weighted by molar-refractivity contribution is 7.11. The van der Waals surface area contributed by atoms with E-state index in [0.29, 0.717) is 17.3 Å². The molecule has 2 aromatic rings. The Morgan fingerprint density at radius 1 is 1.45 bits per heavy atom. The van der Waals surface area contributed by atoms with Gasteiger partial charge in [0.2, 0.25) is 5.91 Å². The van der Waals surface area contributed by atoms with Crippen LogP contribution in [0.3, 0.4) is 0 Å². The van der Waals surface area contributed by atoms with E-state index in [1.807, 2.05) is 12.3 Å². The molecule has 0 bridgehead atoms. The van der Waals surface area contributed by atoms with E-state index in [1.165, 1.54) is 11.8 Å². The third-order valence-electron chi connectivity index (χ3n) is 2.65. The number of amides is 1. The molecular weight excluding hydrogens is 294 g/mol. The van der Waals surface area contributed by atoms with Crippen LogP contribution >= 0.6 is 22.9 Å². The Morgan fingerprint density at radius 2 is 2.25 bits per heavy atom. The quantitative estimate of drug-likeness (QED) is 0.880. The molecule has 6 heteroatoms. The Kier molecular flexibility index (Phi) is 4.98. The minimum absolute atomic E-state index is 0.135. The van der Waals surface area contributed by atoms with Gasteiger partial charge in [-0.15, -0.1) is 11.3 Å². The summed E-state index contributed by atoms with van der Waals surface area (Å²) in [6.07, 6.45) is 2.85. The van der Waals surface area contributed by atoms with Gasteiger partial charge in [0.1, 0.15) is 0 Å². The number of nitrogens with one attached hydrogen (secondary N) is 2. The van der Waals surface area contributed by atoms with Crippen LogP contribution in [0.25, 0.3) is 0 Å². The highest BCUT2D eigenvalue weighted by Gasteiger charge is 2.04. The van der Waals surface area contributed by atoms with Crippen molar-refractivity contribution in [2.45, 2.75) is 26.8 Å². The summed E-state index contributed by atoms with van der Waals surface area (Å²) in [5.41, 5.74) is 1.53. The highest BCUT2D eigenvalue weighted by Crippen LogP contribution is 2.26. The summed E-state index contributed by atoms with van der Waals surface area (Å²) in [5.74, 6) is -0.135. The lowest BCUT2D eigenvalue weighted by Crippen LogP contribution is -2.06. The van der Waals surface area contributed by atoms with Crippen LogP contribution < -0.4 is 10.6 Å². The van der Waals surface area contributed by atoms with Gasteiger partial charge in [-0.2, -0.15) is 0 Å². The molecule has 0 radical (unpaired) electrons. The molecule has 2 N–H and O–H groups in total. The Labute approximate surface area is 127 Å². The summed E-state index contributed by atoms with van der Waals surface area (Å²) < 4.78 is 0. The van der Waals surface area contributed by atoms with Crippen LogP contribution in [-0.4, -0.2) is 10.9 Å². The first kappa shape index (κ1) is 14.8. The summed E-state index contributed by atoms with van der Waals surface area (Å²) in [6, 6.07) is 5.48. The van der Waals surface area contributed by atoms with E-state index in [0.717, 1.165) is 17.1 Å². The lowest BCUT2D eigenvalue weighted by atomic mass is 10.2. The first-order valence-corrected chi connectivity index (χ1v) is 7.52. The number of nitrogens with zero attached hydrogens (tertiary/aromatic N) is 1. The van der Waals surface area contributed by atoms with E-state index in [9.17, 15) is 4.79 Å². The van der Waals surface area contributed by atoms with E-state index in [2.05, 4.69) is 22.5 Å². The molecule has 0 spiro atoms. The van der Waals surface area contributed by atoms with Gasteiger partial charge >= 0.3 is 0 Å². The standard InChI is InChI=1S/C14H16ClN3OS/c1-3-14-17-8-11(20-14)7-16-10-4-5-13(12(15)6-10)18-9(2)19/h4-6,8,16H,3,7H2,1-2H3,(H,18,19). The van der Waals surface area contributed by atoms with Gasteiger partial charge in [0.25, 0.3) is 0 Å². The van der Waals surface area contributed by atoms with Crippen molar-refractivity contribution in [3.8, 4) is 0 Å². The number of aryl methyl sites for hydroxylation is 1. The molecule has 1 aromatic heterocycles. The molecule has 2 rings (SSSR count). The zero-order valence-electron chi connectivity index (χ0n) is 11.4. The SMILES string of the molecule is CCc1ncc(CNc2ccc(NC(C)=O)c(Cl)c2)s1. The molecule has 106 valence electrons. The monoisotopic (exact) mass is 309 g/mol. The van der Waals surface area contributed by atoms with Crippen LogP contribution in [0.1, 0.15) is 23.7 Å². The second kappa shape index (κ2) is 6.72. The second-order valence-electron chi connectivity index (χ2n) is 4.30. The Hall–Kier alpha value is -1.59. The number of hydrogen-bond acceptors (Lipinski definition) is 4. The minimum atomic E-state index is -0.135. The minimum Gasteiger partial charge on any atom is -0.380 e. The third kappa shape index (κ3) is 3.95. The van der Waals surface area contributed by atoms with E-state index < -0.39 is 0 Å². The van der Waals surface area contributed by atoms with Gasteiger partial charge in [-0.3, -0.25) is 4.79 Å². The van der Waals surface area contributed by atoms with Crippen molar-refractivity contribution in [3.05, 3.63) is 39.3 Å². The Morgan fingerprint density at radius 3 is 2.85 bits per heavy atom. The zero-order chi connectivity index (χ0) is 14.5. The van der Waals surface area contributed by atoms with Crippen LogP contribution in [0.4, 0.5) is 11.4 Å². The van der Waals surface area contributed by atoms with Crippen molar-refractivity contribution in [1.29, 1.82) is 0 Å². The van der Waals surface area contributed by atoms with Crippen LogP contribution in [-0.2, 0) is 17.8 Å². The van der Waals surface area contributed by atoms with Gasteiger partial charge in [-0.1, -0.05) is 18.5 Å². The number of rotatable bonds is 5. The number of halogens is 1. The van der Waals surface area contributed by atoms with Crippen molar-refractivity contribution in [2.75, 3.05) is 10.6 Å². The Balaban J connectivity index is 1.99. The first-order chi connectivity index (χ1) is 9.58. The maximum absolute atomic E-state index is 11.0. The van der Waals surface area contributed by atoms with Gasteiger partial charge in [0.15, 0.2) is 0 Å². The fourth-order valence-corrected chi connectivity index (χ4v) is 2.73. The van der Waals surface area contributed by atoms with E-state index >= 15 is 0 Å². The molecule has 0 aliphatic heterocycles. The average Bonchev–Trinajstić information content (AvgIpc) is 2.87. The van der Waals surface area contributed by atoms with Crippen LogP contribution in [0.5, 0.6) is 0 Å². The third-order valence-corrected chi connectivity index (χ3v) is 4.10. The molecule has 20 heavy (non-hydrogen) atoms. The van der Waals surface area contributed by atoms with E-state index in [-0.39, 0.29) is 5.91 Å². The number of aromatic nitrogens is 1. The number of hydrogen-bond donors (Lipinski definition) is 2. The van der Waals surface area contributed by atoms with Gasteiger partial charge in [-0.05, 0) is 24.6 Å². The smallest absolute Gasteiger partial charge is 0.221 e. The van der Waals surface area contributed by atoms with Crippen molar-refractivity contribution in [3.63, 3.8) is 0 Å². The van der Waals surface area contributed by atoms with Gasteiger partial charge in [0, 0.05) is 23.7 Å². The van der Waals surface area contributed by atoms with Crippen LogP contribution in [0.2, 0.25) is 5.02 Å². The summed E-state index contributed by atoms with van der Waals surface area (Å²) in [4.78, 5) is 16.5. The molecule has 0 saturated carbocycles. The first-order valence-electron chi connectivity index (χ1n) is 6.33. The molecular formula is C14H16ClN3OS. The summed E-state index contributed by atoms with van der Waals surface area (Å²) in [5, 5.41) is 7.63. The van der Waals surface area contributed by atoms with Gasteiger partial charge < -0.3 is 10.6 Å². The molecule has 0 atom stereocenters. The molecule has 4 nitrogen and oxygen atoms in total. The summed E-state index contributed by atoms with van der Waals surface area (Å²) in [7, 11) is 0. The predicted molar refractivity (Wildman–Crippen MR) is 84.6 cm³/mol. The Bertz CT molecular complexity index is 612. The number of benzene rings is 1. The van der Waals surface area contributed by atoms with Gasteiger partial charge in [0.05, 0.1) is 22.3 Å². The van der Waals surface area contributed by atoms with Gasteiger partial charge in [-0.25, -0.2) is 4.98 Å². The average molecular weight is 310 g/mol. The molecule has 0 fully saturated rings.